The number of nitrogens with zero attached hydrogens (tertiary/aromatic N) is 5. The van der Waals surface area contributed by atoms with Crippen LogP contribution in [0.25, 0.3) is 5.65 Å². The maximum atomic E-state index is 12.7. The van der Waals surface area contributed by atoms with E-state index in [2.05, 4.69) is 20.6 Å². The minimum absolute atomic E-state index is 0.00313. The summed E-state index contributed by atoms with van der Waals surface area (Å²) in [6.45, 7) is -0.00313. The van der Waals surface area contributed by atoms with Gasteiger partial charge in [-0.15, -0.1) is 10.2 Å². The lowest BCUT2D eigenvalue weighted by Gasteiger charge is -2.19. The molecule has 1 aromatic carbocycles. The molecule has 3 aromatic rings. The number of likely N-dealkylation sites (N-methyl/N-ethyl adjacent to an activating group) is 1. The van der Waals surface area contributed by atoms with Gasteiger partial charge in [0.05, 0.1) is 5.69 Å². The third kappa shape index (κ3) is 2.72. The third-order valence-corrected chi connectivity index (χ3v) is 4.20. The van der Waals surface area contributed by atoms with Crippen LogP contribution >= 0.6 is 11.6 Å². The molecule has 1 N–H and O–H groups in total. The molecule has 0 radical (unpaired) electrons. The number of fused-ring (bicyclic) bond motifs is 2. The second-order valence-corrected chi connectivity index (χ2v) is 6.04. The molecule has 4 rings (SSSR count). The Hall–Kier alpha value is -3.20. The zero-order valence-corrected chi connectivity index (χ0v) is 14.3. The van der Waals surface area contributed by atoms with Crippen LogP contribution in [0.4, 0.5) is 5.69 Å². The van der Waals surface area contributed by atoms with Gasteiger partial charge in [0.2, 0.25) is 5.82 Å². The fourth-order valence-electron chi connectivity index (χ4n) is 2.69. The smallest absolute Gasteiger partial charge is 0.291 e. The van der Waals surface area contributed by atoms with Crippen molar-refractivity contribution in [2.45, 2.75) is 6.04 Å². The van der Waals surface area contributed by atoms with Crippen LogP contribution in [0.5, 0.6) is 5.75 Å². The second kappa shape index (κ2) is 6.26. The Balaban J connectivity index is 1.60. The highest BCUT2D eigenvalue weighted by Crippen LogP contribution is 2.29. The van der Waals surface area contributed by atoms with Gasteiger partial charge < -0.3 is 15.0 Å². The van der Waals surface area contributed by atoms with E-state index in [4.69, 9.17) is 16.3 Å². The Morgan fingerprint density at radius 2 is 2.08 bits per heavy atom. The lowest BCUT2D eigenvalue weighted by atomic mass is 10.2. The number of amides is 2. The van der Waals surface area contributed by atoms with E-state index < -0.39 is 11.9 Å². The first-order chi connectivity index (χ1) is 12.5. The third-order valence-electron chi connectivity index (χ3n) is 4.00. The number of benzene rings is 1. The molecular formula is C16H13ClN6O3. The Morgan fingerprint density at radius 3 is 2.92 bits per heavy atom. The quantitative estimate of drug-likeness (QED) is 0.718. The first-order valence-electron chi connectivity index (χ1n) is 7.73. The molecule has 1 aliphatic rings. The number of carbonyl (C=O) groups excluding carboxylic acids is 2. The van der Waals surface area contributed by atoms with Gasteiger partial charge in [-0.25, -0.2) is 0 Å². The lowest BCUT2D eigenvalue weighted by Crippen LogP contribution is -2.49. The molecule has 0 spiro atoms. The molecule has 0 aliphatic carbocycles. The van der Waals surface area contributed by atoms with Gasteiger partial charge in [0.15, 0.2) is 5.65 Å². The Bertz CT molecular complexity index is 1020. The molecule has 2 aromatic heterocycles. The molecule has 1 aliphatic heterocycles. The van der Waals surface area contributed by atoms with Crippen LogP contribution < -0.4 is 15.0 Å². The molecule has 0 bridgehead atoms. The van der Waals surface area contributed by atoms with Crippen molar-refractivity contribution < 1.29 is 14.3 Å². The molecule has 2 amide bonds. The van der Waals surface area contributed by atoms with Crippen molar-refractivity contribution >= 4 is 34.7 Å². The van der Waals surface area contributed by atoms with E-state index in [0.29, 0.717) is 17.1 Å². The lowest BCUT2D eigenvalue weighted by molar-refractivity contribution is -0.120. The van der Waals surface area contributed by atoms with E-state index in [-0.39, 0.29) is 23.5 Å². The SMILES string of the molecule is CN1C(=O)C(NC(=O)c2nnc3ccc(Cl)nn23)COc2ccccc21. The molecular weight excluding hydrogens is 360 g/mol. The number of ether oxygens (including phenoxy) is 1. The summed E-state index contributed by atoms with van der Waals surface area (Å²) in [5, 5.41) is 14.5. The van der Waals surface area contributed by atoms with Crippen molar-refractivity contribution in [3.8, 4) is 5.75 Å². The van der Waals surface area contributed by atoms with Crippen LogP contribution in [-0.2, 0) is 4.79 Å². The van der Waals surface area contributed by atoms with Crippen molar-refractivity contribution in [3.63, 3.8) is 0 Å². The van der Waals surface area contributed by atoms with E-state index in [1.807, 2.05) is 12.1 Å². The van der Waals surface area contributed by atoms with Gasteiger partial charge >= 0.3 is 0 Å². The number of hydrogen-bond acceptors (Lipinski definition) is 6. The minimum atomic E-state index is -0.883. The number of halogens is 1. The highest BCUT2D eigenvalue weighted by atomic mass is 35.5. The van der Waals surface area contributed by atoms with Gasteiger partial charge in [-0.2, -0.15) is 9.61 Å². The molecule has 9 nitrogen and oxygen atoms in total. The summed E-state index contributed by atoms with van der Waals surface area (Å²) in [7, 11) is 1.63. The maximum absolute atomic E-state index is 12.7. The monoisotopic (exact) mass is 372 g/mol. The highest BCUT2D eigenvalue weighted by molar-refractivity contribution is 6.29. The van der Waals surface area contributed by atoms with E-state index in [0.717, 1.165) is 0 Å². The molecule has 1 unspecified atom stereocenters. The summed E-state index contributed by atoms with van der Waals surface area (Å²) in [6, 6.07) is 9.41. The second-order valence-electron chi connectivity index (χ2n) is 5.65. The molecule has 26 heavy (non-hydrogen) atoms. The number of carbonyl (C=O) groups is 2. The molecule has 10 heteroatoms. The summed E-state index contributed by atoms with van der Waals surface area (Å²) in [5.74, 6) is -0.405. The van der Waals surface area contributed by atoms with Gasteiger partial charge in [0, 0.05) is 7.05 Å². The number of anilines is 1. The van der Waals surface area contributed by atoms with Gasteiger partial charge in [0.1, 0.15) is 23.6 Å². The van der Waals surface area contributed by atoms with Crippen LogP contribution in [0, 0.1) is 0 Å². The first kappa shape index (κ1) is 16.3. The fraction of sp³-hybridized carbons (Fsp3) is 0.188. The van der Waals surface area contributed by atoms with Gasteiger partial charge in [-0.05, 0) is 24.3 Å². The highest BCUT2D eigenvalue weighted by Gasteiger charge is 2.31. The fourth-order valence-corrected chi connectivity index (χ4v) is 2.83. The zero-order valence-electron chi connectivity index (χ0n) is 13.6. The van der Waals surface area contributed by atoms with E-state index in [1.165, 1.54) is 9.42 Å². The van der Waals surface area contributed by atoms with Crippen LogP contribution in [0.15, 0.2) is 36.4 Å². The summed E-state index contributed by atoms with van der Waals surface area (Å²) < 4.78 is 6.89. The number of aromatic nitrogens is 4. The number of nitrogens with one attached hydrogen (secondary N) is 1. The Kier molecular flexibility index (Phi) is 3.92. The van der Waals surface area contributed by atoms with E-state index in [9.17, 15) is 9.59 Å². The average molecular weight is 373 g/mol. The maximum Gasteiger partial charge on any atom is 0.291 e. The Labute approximate surface area is 152 Å². The van der Waals surface area contributed by atoms with Crippen LogP contribution in [-0.4, -0.2) is 51.3 Å². The van der Waals surface area contributed by atoms with Gasteiger partial charge in [0.25, 0.3) is 11.8 Å². The van der Waals surface area contributed by atoms with Crippen LogP contribution in [0.2, 0.25) is 5.15 Å². The van der Waals surface area contributed by atoms with Crippen molar-refractivity contribution in [2.75, 3.05) is 18.6 Å². The first-order valence-corrected chi connectivity index (χ1v) is 8.10. The molecule has 0 saturated carbocycles. The van der Waals surface area contributed by atoms with E-state index >= 15 is 0 Å². The minimum Gasteiger partial charge on any atom is -0.489 e. The normalized spacial score (nSPS) is 16.8. The molecule has 132 valence electrons. The summed E-state index contributed by atoms with van der Waals surface area (Å²) >= 11 is 5.86. The van der Waals surface area contributed by atoms with Crippen molar-refractivity contribution in [1.29, 1.82) is 0 Å². The largest absolute Gasteiger partial charge is 0.489 e. The van der Waals surface area contributed by atoms with Crippen molar-refractivity contribution in [3.05, 3.63) is 47.4 Å². The molecule has 3 heterocycles. The standard InChI is InChI=1S/C16H13ClN6O3/c1-22-10-4-2-3-5-11(10)26-8-9(16(22)25)18-15(24)14-20-19-13-7-6-12(17)21-23(13)14/h2-7,9H,8H2,1H3,(H,18,24). The zero-order chi connectivity index (χ0) is 18.3. The molecule has 0 fully saturated rings. The predicted octanol–water partition coefficient (Wildman–Crippen LogP) is 0.931. The predicted molar refractivity (Wildman–Crippen MR) is 92.4 cm³/mol. The molecule has 1 atom stereocenters. The molecule has 0 saturated heterocycles. The van der Waals surface area contributed by atoms with Gasteiger partial charge in [-0.3, -0.25) is 9.59 Å². The number of hydrogen-bond donors (Lipinski definition) is 1. The summed E-state index contributed by atoms with van der Waals surface area (Å²) in [6.07, 6.45) is 0. The Morgan fingerprint density at radius 1 is 1.27 bits per heavy atom. The van der Waals surface area contributed by atoms with Crippen LogP contribution in [0.1, 0.15) is 10.6 Å². The average Bonchev–Trinajstić information content (AvgIpc) is 3.02. The van der Waals surface area contributed by atoms with Gasteiger partial charge in [-0.1, -0.05) is 23.7 Å². The topological polar surface area (TPSA) is 102 Å². The summed E-state index contributed by atoms with van der Waals surface area (Å²) in [5.41, 5.74) is 1.00. The van der Waals surface area contributed by atoms with Crippen molar-refractivity contribution in [1.82, 2.24) is 25.1 Å². The van der Waals surface area contributed by atoms with Crippen molar-refractivity contribution in [2.24, 2.45) is 0 Å². The van der Waals surface area contributed by atoms with Crippen LogP contribution in [0.3, 0.4) is 0 Å². The van der Waals surface area contributed by atoms with E-state index in [1.54, 1.807) is 31.3 Å². The summed E-state index contributed by atoms with van der Waals surface area (Å²) in [4.78, 5) is 26.7. The number of para-hydroxylation sites is 2. The number of rotatable bonds is 2.